The van der Waals surface area contributed by atoms with Crippen molar-refractivity contribution in [3.63, 3.8) is 0 Å². The van der Waals surface area contributed by atoms with Gasteiger partial charge in [-0.1, -0.05) is 97.4 Å². The summed E-state index contributed by atoms with van der Waals surface area (Å²) < 4.78 is 17.7. The molecule has 2 heterocycles. The van der Waals surface area contributed by atoms with Crippen LogP contribution >= 0.6 is 11.3 Å². The van der Waals surface area contributed by atoms with Gasteiger partial charge in [0.25, 0.3) is 0 Å². The van der Waals surface area contributed by atoms with Crippen molar-refractivity contribution >= 4 is 76.4 Å². The molecule has 3 aromatic rings. The number of nitrogens with one attached hydrogen (secondary N) is 8. The summed E-state index contributed by atoms with van der Waals surface area (Å²) in [5.41, 5.74) is 15.9. The number of nitrogens with zero attached hydrogens (tertiary/aromatic N) is 3. The first-order valence-electron chi connectivity index (χ1n) is 33.2. The average molecular weight is 1360 g/mol. The number of primary amides is 1. The number of unbranched alkanes of at least 4 members (excludes halogenated alkanes) is 1. The van der Waals surface area contributed by atoms with Crippen LogP contribution in [0, 0.1) is 23.7 Å². The van der Waals surface area contributed by atoms with Crippen LogP contribution in [0.25, 0.3) is 0 Å². The molecule has 1 aliphatic rings. The molecule has 0 radical (unpaired) electrons. The van der Waals surface area contributed by atoms with Crippen LogP contribution in [0.15, 0.2) is 66.2 Å². The second kappa shape index (κ2) is 38.8. The summed E-state index contributed by atoms with van der Waals surface area (Å²) >= 11 is 1.47. The Morgan fingerprint density at radius 2 is 1.40 bits per heavy atom. The fourth-order valence-electron chi connectivity index (χ4n) is 11.5. The molecule has 1 unspecified atom stereocenters. The number of rotatable bonds is 39. The van der Waals surface area contributed by atoms with Crippen LogP contribution in [0.2, 0.25) is 0 Å². The Hall–Kier alpha value is -7.79. The molecule has 28 heteroatoms. The fourth-order valence-corrected chi connectivity index (χ4v) is 12.2. The van der Waals surface area contributed by atoms with Crippen LogP contribution in [-0.2, 0) is 65.6 Å². The number of methoxy groups -OCH3 is 2. The molecule has 11 atom stereocenters. The highest BCUT2D eigenvalue weighted by Crippen LogP contribution is 2.31. The van der Waals surface area contributed by atoms with Crippen molar-refractivity contribution in [1.29, 1.82) is 0 Å². The van der Waals surface area contributed by atoms with E-state index < -0.39 is 125 Å². The van der Waals surface area contributed by atoms with Crippen LogP contribution in [-0.4, -0.2) is 175 Å². The van der Waals surface area contributed by atoms with Gasteiger partial charge in [-0.25, -0.2) is 14.6 Å². The minimum absolute atomic E-state index is 0.0486. The number of likely N-dealkylation sites (N-methyl/N-ethyl adjacent to an activating group) is 1. The van der Waals surface area contributed by atoms with Crippen molar-refractivity contribution in [1.82, 2.24) is 52.0 Å². The molecule has 0 bridgehead atoms. The van der Waals surface area contributed by atoms with Gasteiger partial charge in [0.05, 0.1) is 48.2 Å². The highest BCUT2D eigenvalue weighted by molar-refractivity contribution is 7.09. The lowest BCUT2D eigenvalue weighted by Crippen LogP contribution is -2.62. The number of aromatic nitrogens is 1. The van der Waals surface area contributed by atoms with E-state index in [0.717, 1.165) is 10.6 Å². The molecule has 1 saturated heterocycles. The van der Waals surface area contributed by atoms with Gasteiger partial charge in [-0.2, -0.15) is 0 Å². The molecule has 0 saturated carbocycles. The van der Waals surface area contributed by atoms with Gasteiger partial charge in [0.1, 0.15) is 41.3 Å². The topological polar surface area (TPSA) is 392 Å². The van der Waals surface area contributed by atoms with Gasteiger partial charge in [-0.3, -0.25) is 38.4 Å². The molecule has 2 aromatic carbocycles. The molecule has 1 fully saturated rings. The monoisotopic (exact) mass is 1360 g/mol. The SMILES string of the molecule is CC[C@H](C)[C@@H]([C@@H](CC(=O)N1CCC[C@H]1[C@H](OC)[C@@H](C)C(=O)N[C@@H](Cc1ccccc1)c1nccs1)OC)N(C)C(=O)[C@@H](NC(=O)C(C)(C)NC(=O)OCc1ccc(NC(=O)[C@H](CCCNC(N)=O)NC(=O)C(NC(=O)[C@H](CCCCN)NC(=O)C(C)(C)N)C(C)C)cc1)C(C)C. The Kier molecular flexibility index (Phi) is 32.6. The number of anilines is 1. The zero-order valence-corrected chi connectivity index (χ0v) is 59.4. The number of nitrogens with two attached hydrogens (primary N) is 3. The number of ether oxygens (including phenoxy) is 3. The van der Waals surface area contributed by atoms with Gasteiger partial charge in [0.2, 0.25) is 47.3 Å². The third-order valence-electron chi connectivity index (χ3n) is 17.4. The molecule has 11 amide bonds. The first kappa shape index (κ1) is 80.6. The van der Waals surface area contributed by atoms with E-state index in [1.54, 1.807) is 82.1 Å². The molecule has 27 nitrogen and oxygen atoms in total. The van der Waals surface area contributed by atoms with Crippen molar-refractivity contribution in [3.8, 4) is 0 Å². The second-order valence-corrected chi connectivity index (χ2v) is 27.6. The van der Waals surface area contributed by atoms with Crippen LogP contribution in [0.3, 0.4) is 0 Å². The third-order valence-corrected chi connectivity index (χ3v) is 18.3. The number of benzene rings is 2. The Balaban J connectivity index is 1.39. The summed E-state index contributed by atoms with van der Waals surface area (Å²) in [6.45, 7) is 19.4. The number of carbonyl (C=O) groups excluding carboxylic acids is 10. The minimum Gasteiger partial charge on any atom is -0.445 e. The lowest BCUT2D eigenvalue weighted by molar-refractivity contribution is -0.148. The number of hydrogen-bond donors (Lipinski definition) is 11. The molecular weight excluding hydrogens is 1250 g/mol. The number of likely N-dealkylation sites (tertiary alicyclic amines) is 1. The fraction of sp³-hybridized carbons (Fsp3) is 0.632. The Morgan fingerprint density at radius 3 is 1.97 bits per heavy atom. The van der Waals surface area contributed by atoms with Crippen LogP contribution in [0.4, 0.5) is 15.3 Å². The predicted octanol–water partition coefficient (Wildman–Crippen LogP) is 4.67. The van der Waals surface area contributed by atoms with Crippen LogP contribution in [0.1, 0.15) is 156 Å². The number of alkyl carbamates (subject to hydrolysis) is 1. The first-order chi connectivity index (χ1) is 45.3. The first-order valence-corrected chi connectivity index (χ1v) is 34.1. The van der Waals surface area contributed by atoms with E-state index >= 15 is 0 Å². The summed E-state index contributed by atoms with van der Waals surface area (Å²) in [4.78, 5) is 144. The van der Waals surface area contributed by atoms with Gasteiger partial charge < -0.3 is 83.7 Å². The maximum atomic E-state index is 14.7. The number of carbonyl (C=O) groups is 10. The van der Waals surface area contributed by atoms with E-state index in [-0.39, 0.29) is 62.6 Å². The van der Waals surface area contributed by atoms with Crippen molar-refractivity contribution in [2.24, 2.45) is 40.9 Å². The van der Waals surface area contributed by atoms with Crippen LogP contribution < -0.4 is 59.7 Å². The molecule has 1 aromatic heterocycles. The zero-order chi connectivity index (χ0) is 71.6. The molecular formula is C68H108N14O13S. The second-order valence-electron chi connectivity index (χ2n) is 26.7. The highest BCUT2D eigenvalue weighted by atomic mass is 32.1. The lowest BCUT2D eigenvalue weighted by Gasteiger charge is -2.41. The van der Waals surface area contributed by atoms with Gasteiger partial charge in [0, 0.05) is 51.6 Å². The van der Waals surface area contributed by atoms with Crippen molar-refractivity contribution in [2.75, 3.05) is 46.2 Å². The quantitative estimate of drug-likeness (QED) is 0.0346. The number of hydrogen-bond acceptors (Lipinski definition) is 17. The van der Waals surface area contributed by atoms with E-state index in [9.17, 15) is 47.9 Å². The van der Waals surface area contributed by atoms with Crippen molar-refractivity contribution < 1.29 is 62.2 Å². The molecule has 96 heavy (non-hydrogen) atoms. The third kappa shape index (κ3) is 24.7. The summed E-state index contributed by atoms with van der Waals surface area (Å²) in [7, 11) is 4.69. The Morgan fingerprint density at radius 1 is 0.750 bits per heavy atom. The highest BCUT2D eigenvalue weighted by Gasteiger charge is 2.44. The van der Waals surface area contributed by atoms with Crippen molar-refractivity contribution in [2.45, 2.75) is 213 Å². The van der Waals surface area contributed by atoms with Crippen LogP contribution in [0.5, 0.6) is 0 Å². The summed E-state index contributed by atoms with van der Waals surface area (Å²) in [6.07, 6.45) is 3.37. The number of urea groups is 1. The lowest BCUT2D eigenvalue weighted by atomic mass is 9.89. The number of amides is 11. The smallest absolute Gasteiger partial charge is 0.408 e. The average Bonchev–Trinajstić information content (AvgIpc) is 1.41. The van der Waals surface area contributed by atoms with Gasteiger partial charge >= 0.3 is 12.1 Å². The molecule has 534 valence electrons. The Labute approximate surface area is 570 Å². The molecule has 0 spiro atoms. The molecule has 4 rings (SSSR count). The molecule has 1 aliphatic heterocycles. The maximum absolute atomic E-state index is 14.7. The van der Waals surface area contributed by atoms with E-state index in [4.69, 9.17) is 31.4 Å². The van der Waals surface area contributed by atoms with E-state index in [0.29, 0.717) is 62.9 Å². The summed E-state index contributed by atoms with van der Waals surface area (Å²) in [6, 6.07) is 9.57. The normalized spacial score (nSPS) is 16.4. The standard InChI is InChI=1S/C68H108N14O13S/c1-15-42(6)55(51(93-13)38-52(83)82-35-22-27-50(82)56(94-14)43(7)57(84)76-49(61-72-34-36-96-61)37-44-23-17-16-18-24-44)81(12)62(88)54(41(4)5)79-64(90)68(10,11)80-66(92)95-39-45-28-30-46(31-29-45)74-58(85)47(26-21-33-73-65(70)91)75-60(87)53(40(2)3)78-59(86)48(25-19-20-32-69)77-63(89)67(8,9)71/h16-18,23-24,28-31,34,36,40-43,47-51,53-56H,15,19-22,25-27,32-33,35,37-39,69,71H2,1-14H3,(H,74,85)(H,75,87)(H,76,84)(H,77,89)(H,78,86)(H,79,90)(H,80,92)(H3,70,73,91)/t42-,43+,47-,48-,49-,50-,51+,53?,54-,55-,56+/m0/s1. The zero-order valence-electron chi connectivity index (χ0n) is 58.5. The molecule has 14 N–H and O–H groups in total. The van der Waals surface area contributed by atoms with E-state index in [1.807, 2.05) is 56.5 Å². The van der Waals surface area contributed by atoms with E-state index in [1.165, 1.54) is 46.1 Å². The van der Waals surface area contributed by atoms with Gasteiger partial charge in [-0.15, -0.1) is 11.3 Å². The minimum atomic E-state index is -1.60. The maximum Gasteiger partial charge on any atom is 0.408 e. The van der Waals surface area contributed by atoms with Gasteiger partial charge in [0.15, 0.2) is 0 Å². The number of thiazole rings is 1. The Bertz CT molecular complexity index is 3000. The van der Waals surface area contributed by atoms with E-state index in [2.05, 4.69) is 47.5 Å². The summed E-state index contributed by atoms with van der Waals surface area (Å²) in [5.74, 6) is -5.74. The summed E-state index contributed by atoms with van der Waals surface area (Å²) in [5, 5.41) is 24.7. The van der Waals surface area contributed by atoms with Crippen molar-refractivity contribution in [3.05, 3.63) is 82.3 Å². The van der Waals surface area contributed by atoms with Gasteiger partial charge in [-0.05, 0) is 127 Å². The predicted molar refractivity (Wildman–Crippen MR) is 367 cm³/mol. The molecule has 0 aliphatic carbocycles. The largest absolute Gasteiger partial charge is 0.445 e.